The quantitative estimate of drug-likeness (QED) is 0.491. The maximum atomic E-state index is 9.10. The fourth-order valence-electron chi connectivity index (χ4n) is 2.69. The van der Waals surface area contributed by atoms with Crippen molar-refractivity contribution in [2.24, 2.45) is 7.05 Å². The number of methoxy groups -OCH3 is 1. The van der Waals surface area contributed by atoms with Crippen LogP contribution in [-0.4, -0.2) is 45.4 Å². The highest BCUT2D eigenvalue weighted by Crippen LogP contribution is 2.24. The Bertz CT molecular complexity index is 1000. The average molecular weight is 427 g/mol. The molecule has 0 aliphatic rings. The van der Waals surface area contributed by atoms with Crippen molar-refractivity contribution in [2.45, 2.75) is 13.5 Å². The maximum Gasteiger partial charge on any atom is 0.414 e. The van der Waals surface area contributed by atoms with Crippen LogP contribution in [0.5, 0.6) is 11.5 Å². The van der Waals surface area contributed by atoms with Gasteiger partial charge in [0.05, 0.1) is 25.6 Å². The van der Waals surface area contributed by atoms with Gasteiger partial charge in [-0.25, -0.2) is 14.6 Å². The Morgan fingerprint density at radius 3 is 2.32 bits per heavy atom. The molecule has 2 aromatic carbocycles. The third kappa shape index (κ3) is 6.77. The van der Waals surface area contributed by atoms with Gasteiger partial charge in [0, 0.05) is 19.2 Å². The average Bonchev–Trinajstić information content (AvgIpc) is 3.14. The zero-order valence-corrected chi connectivity index (χ0v) is 17.5. The smallest absolute Gasteiger partial charge is 0.414 e. The van der Waals surface area contributed by atoms with Crippen molar-refractivity contribution >= 4 is 17.9 Å². The second-order valence-electron chi connectivity index (χ2n) is 6.30. The molecule has 1 aromatic heterocycles. The van der Waals surface area contributed by atoms with E-state index >= 15 is 0 Å². The summed E-state index contributed by atoms with van der Waals surface area (Å²) >= 11 is 0. The zero-order valence-electron chi connectivity index (χ0n) is 17.5. The van der Waals surface area contributed by atoms with E-state index in [1.54, 1.807) is 7.11 Å². The number of carboxylic acids is 2. The molecule has 3 aromatic rings. The minimum Gasteiger partial charge on any atom is -0.497 e. The number of hydrogen-bond donors (Lipinski definition) is 3. The SMILES string of the molecule is CCOc1ccc(-c2cnc(NCc3cccc(OC)c3)n2C)cc1.O=C(O)C(=O)O. The van der Waals surface area contributed by atoms with Crippen LogP contribution < -0.4 is 14.8 Å². The van der Waals surface area contributed by atoms with Crippen LogP contribution in [0, 0.1) is 0 Å². The molecule has 3 N–H and O–H groups in total. The lowest BCUT2D eigenvalue weighted by Crippen LogP contribution is -2.09. The predicted octanol–water partition coefficient (Wildman–Crippen LogP) is 3.26. The van der Waals surface area contributed by atoms with Crippen LogP contribution in [0.3, 0.4) is 0 Å². The number of benzene rings is 2. The molecule has 0 aliphatic heterocycles. The largest absolute Gasteiger partial charge is 0.497 e. The van der Waals surface area contributed by atoms with Gasteiger partial charge in [0.25, 0.3) is 0 Å². The molecule has 0 aliphatic carbocycles. The topological polar surface area (TPSA) is 123 Å². The number of nitrogens with one attached hydrogen (secondary N) is 1. The first-order valence-electron chi connectivity index (χ1n) is 9.43. The van der Waals surface area contributed by atoms with E-state index in [0.29, 0.717) is 13.2 Å². The Morgan fingerprint density at radius 1 is 1.06 bits per heavy atom. The Balaban J connectivity index is 0.000000501. The number of ether oxygens (including phenoxy) is 2. The molecule has 0 saturated heterocycles. The number of nitrogens with zero attached hydrogens (tertiary/aromatic N) is 2. The first-order valence-corrected chi connectivity index (χ1v) is 9.43. The Hall–Kier alpha value is -4.01. The normalized spacial score (nSPS) is 9.90. The summed E-state index contributed by atoms with van der Waals surface area (Å²) in [4.78, 5) is 22.7. The third-order valence-electron chi connectivity index (χ3n) is 4.22. The Labute approximate surface area is 179 Å². The second-order valence-corrected chi connectivity index (χ2v) is 6.30. The van der Waals surface area contributed by atoms with E-state index in [2.05, 4.69) is 20.9 Å². The van der Waals surface area contributed by atoms with Crippen LogP contribution in [0.15, 0.2) is 54.7 Å². The summed E-state index contributed by atoms with van der Waals surface area (Å²) in [7, 11) is 3.68. The van der Waals surface area contributed by atoms with Gasteiger partial charge in [-0.15, -0.1) is 0 Å². The molecule has 164 valence electrons. The summed E-state index contributed by atoms with van der Waals surface area (Å²) in [6.07, 6.45) is 1.88. The van der Waals surface area contributed by atoms with Crippen molar-refractivity contribution in [3.8, 4) is 22.8 Å². The highest BCUT2D eigenvalue weighted by Gasteiger charge is 2.09. The third-order valence-corrected chi connectivity index (χ3v) is 4.22. The predicted molar refractivity (Wildman–Crippen MR) is 115 cm³/mol. The molecule has 0 atom stereocenters. The fourth-order valence-corrected chi connectivity index (χ4v) is 2.69. The van der Waals surface area contributed by atoms with Crippen molar-refractivity contribution < 1.29 is 29.3 Å². The monoisotopic (exact) mass is 427 g/mol. The Morgan fingerprint density at radius 2 is 1.74 bits per heavy atom. The van der Waals surface area contributed by atoms with Gasteiger partial charge < -0.3 is 29.6 Å². The molecule has 1 heterocycles. The van der Waals surface area contributed by atoms with Crippen LogP contribution in [-0.2, 0) is 23.2 Å². The van der Waals surface area contributed by atoms with E-state index < -0.39 is 11.9 Å². The molecule has 0 bridgehead atoms. The van der Waals surface area contributed by atoms with Crippen LogP contribution >= 0.6 is 0 Å². The molecule has 0 spiro atoms. The molecule has 9 nitrogen and oxygen atoms in total. The van der Waals surface area contributed by atoms with E-state index in [1.165, 1.54) is 0 Å². The van der Waals surface area contributed by atoms with Crippen molar-refractivity contribution in [1.29, 1.82) is 0 Å². The summed E-state index contributed by atoms with van der Waals surface area (Å²) < 4.78 is 12.8. The molecule has 3 rings (SSSR count). The van der Waals surface area contributed by atoms with E-state index in [4.69, 9.17) is 29.3 Å². The zero-order chi connectivity index (χ0) is 22.8. The van der Waals surface area contributed by atoms with Crippen LogP contribution in [0.4, 0.5) is 5.95 Å². The van der Waals surface area contributed by atoms with E-state index in [9.17, 15) is 0 Å². The lowest BCUT2D eigenvalue weighted by molar-refractivity contribution is -0.159. The van der Waals surface area contributed by atoms with Crippen LogP contribution in [0.1, 0.15) is 12.5 Å². The standard InChI is InChI=1S/C20H23N3O2.C2H2O4/c1-4-25-17-10-8-16(9-11-17)19-14-22-20(23(19)2)21-13-15-6-5-7-18(12-15)24-3;3-1(4)2(5)6/h5-12,14H,4,13H2,1-3H3,(H,21,22);(H,3,4)(H,5,6). The van der Waals surface area contributed by atoms with E-state index in [0.717, 1.165) is 34.3 Å². The maximum absolute atomic E-state index is 9.10. The number of aliphatic carboxylic acids is 2. The van der Waals surface area contributed by atoms with Crippen molar-refractivity contribution in [3.05, 3.63) is 60.3 Å². The number of rotatable bonds is 7. The minimum atomic E-state index is -1.82. The van der Waals surface area contributed by atoms with Gasteiger partial charge in [-0.05, 0) is 48.9 Å². The van der Waals surface area contributed by atoms with Gasteiger partial charge in [-0.3, -0.25) is 0 Å². The van der Waals surface area contributed by atoms with Crippen molar-refractivity contribution in [3.63, 3.8) is 0 Å². The number of carboxylic acid groups (broad SMARTS) is 2. The summed E-state index contributed by atoms with van der Waals surface area (Å²) in [6.45, 7) is 3.34. The second kappa shape index (κ2) is 11.2. The van der Waals surface area contributed by atoms with Gasteiger partial charge >= 0.3 is 11.9 Å². The summed E-state index contributed by atoms with van der Waals surface area (Å²) in [5.41, 5.74) is 3.30. The number of carbonyl (C=O) groups is 2. The number of hydrogen-bond acceptors (Lipinski definition) is 6. The minimum absolute atomic E-state index is 0.670. The van der Waals surface area contributed by atoms with E-state index in [-0.39, 0.29) is 0 Å². The molecule has 0 amide bonds. The fraction of sp³-hybridized carbons (Fsp3) is 0.227. The molecule has 0 saturated carbocycles. The van der Waals surface area contributed by atoms with Crippen molar-refractivity contribution in [1.82, 2.24) is 9.55 Å². The number of imidazole rings is 1. The van der Waals surface area contributed by atoms with Crippen LogP contribution in [0.2, 0.25) is 0 Å². The number of aromatic nitrogens is 2. The molecule has 0 fully saturated rings. The molecule has 0 unspecified atom stereocenters. The molecular weight excluding hydrogens is 402 g/mol. The van der Waals surface area contributed by atoms with E-state index in [1.807, 2.05) is 62.6 Å². The number of anilines is 1. The lowest BCUT2D eigenvalue weighted by Gasteiger charge is -2.10. The molecule has 0 radical (unpaired) electrons. The van der Waals surface area contributed by atoms with Gasteiger partial charge in [-0.2, -0.15) is 0 Å². The van der Waals surface area contributed by atoms with Gasteiger partial charge in [-0.1, -0.05) is 12.1 Å². The highest BCUT2D eigenvalue weighted by molar-refractivity contribution is 6.27. The van der Waals surface area contributed by atoms with Gasteiger partial charge in [0.1, 0.15) is 11.5 Å². The van der Waals surface area contributed by atoms with Crippen molar-refractivity contribution in [2.75, 3.05) is 19.0 Å². The Kier molecular flexibility index (Phi) is 8.44. The van der Waals surface area contributed by atoms with Gasteiger partial charge in [0.2, 0.25) is 5.95 Å². The van der Waals surface area contributed by atoms with Crippen LogP contribution in [0.25, 0.3) is 11.3 Å². The summed E-state index contributed by atoms with van der Waals surface area (Å²) in [6, 6.07) is 16.1. The summed E-state index contributed by atoms with van der Waals surface area (Å²) in [5, 5.41) is 18.2. The molecular formula is C22H25N3O6. The first-order chi connectivity index (χ1) is 14.8. The lowest BCUT2D eigenvalue weighted by atomic mass is 10.1. The molecule has 31 heavy (non-hydrogen) atoms. The van der Waals surface area contributed by atoms with Gasteiger partial charge in [0.15, 0.2) is 0 Å². The highest BCUT2D eigenvalue weighted by atomic mass is 16.5. The molecule has 9 heteroatoms. The first kappa shape index (κ1) is 23.3. The summed E-state index contributed by atoms with van der Waals surface area (Å²) in [5.74, 6) is -1.09.